The van der Waals surface area contributed by atoms with E-state index in [1.165, 1.54) is 4.90 Å². The van der Waals surface area contributed by atoms with Crippen LogP contribution >= 0.6 is 0 Å². The lowest BCUT2D eigenvalue weighted by Crippen LogP contribution is -2.38. The molecule has 0 spiro atoms. The van der Waals surface area contributed by atoms with Crippen LogP contribution in [0.3, 0.4) is 0 Å². The highest BCUT2D eigenvalue weighted by Crippen LogP contribution is 2.26. The van der Waals surface area contributed by atoms with Gasteiger partial charge < -0.3 is 14.7 Å². The van der Waals surface area contributed by atoms with Crippen LogP contribution in [-0.2, 0) is 9.53 Å². The molecule has 108 valence electrons. The average Bonchev–Trinajstić information content (AvgIpc) is 2.38. The van der Waals surface area contributed by atoms with Gasteiger partial charge in [0.05, 0.1) is 6.61 Å². The van der Waals surface area contributed by atoms with Crippen LogP contribution in [0.5, 0.6) is 0 Å². The maximum Gasteiger partial charge on any atom is 0.407 e. The van der Waals surface area contributed by atoms with Gasteiger partial charge in [-0.1, -0.05) is 13.0 Å². The number of piperidine rings is 1. The summed E-state index contributed by atoms with van der Waals surface area (Å²) in [6, 6.07) is 0. The van der Waals surface area contributed by atoms with E-state index in [-0.39, 0.29) is 11.9 Å². The van der Waals surface area contributed by atoms with Crippen LogP contribution in [0.2, 0.25) is 0 Å². The van der Waals surface area contributed by atoms with Crippen LogP contribution in [0, 0.1) is 11.8 Å². The Hall–Kier alpha value is -1.52. The summed E-state index contributed by atoms with van der Waals surface area (Å²) in [5.74, 6) is 0.428. The molecule has 1 aliphatic rings. The van der Waals surface area contributed by atoms with Gasteiger partial charge in [0.15, 0.2) is 0 Å². The van der Waals surface area contributed by atoms with Gasteiger partial charge in [-0.2, -0.15) is 0 Å². The molecule has 0 aromatic carbocycles. The second kappa shape index (κ2) is 7.16. The Bertz CT molecular complexity index is 356. The lowest BCUT2D eigenvalue weighted by Gasteiger charge is -2.32. The number of carbonyl (C=O) groups excluding carboxylic acids is 1. The summed E-state index contributed by atoms with van der Waals surface area (Å²) in [6.45, 7) is 7.17. The van der Waals surface area contributed by atoms with Crippen molar-refractivity contribution in [3.05, 3.63) is 11.6 Å². The van der Waals surface area contributed by atoms with Crippen LogP contribution in [0.25, 0.3) is 0 Å². The highest BCUT2D eigenvalue weighted by atomic mass is 16.5. The van der Waals surface area contributed by atoms with Gasteiger partial charge in [0, 0.05) is 18.7 Å². The minimum absolute atomic E-state index is 0.264. The first-order chi connectivity index (χ1) is 8.95. The van der Waals surface area contributed by atoms with Crippen LogP contribution in [0.15, 0.2) is 11.6 Å². The molecule has 1 heterocycles. The van der Waals surface area contributed by atoms with E-state index in [1.807, 2.05) is 6.08 Å². The molecule has 0 aliphatic carbocycles. The SMILES string of the molecule is CCOC(=O)C(C)=CC(C)C1CCN(C(=O)O)CC1. The normalized spacial score (nSPS) is 19.1. The van der Waals surface area contributed by atoms with Gasteiger partial charge in [-0.25, -0.2) is 9.59 Å². The largest absolute Gasteiger partial charge is 0.465 e. The fraction of sp³-hybridized carbons (Fsp3) is 0.714. The minimum atomic E-state index is -0.843. The van der Waals surface area contributed by atoms with E-state index in [1.54, 1.807) is 13.8 Å². The maximum absolute atomic E-state index is 11.5. The maximum atomic E-state index is 11.5. The zero-order valence-electron chi connectivity index (χ0n) is 11.9. The molecule has 0 bridgehead atoms. The molecule has 5 heteroatoms. The monoisotopic (exact) mass is 269 g/mol. The van der Waals surface area contributed by atoms with Gasteiger partial charge in [0.25, 0.3) is 0 Å². The summed E-state index contributed by atoms with van der Waals surface area (Å²) in [7, 11) is 0. The van der Waals surface area contributed by atoms with Crippen molar-refractivity contribution in [1.82, 2.24) is 4.90 Å². The van der Waals surface area contributed by atoms with E-state index >= 15 is 0 Å². The number of likely N-dealkylation sites (tertiary alicyclic amines) is 1. The van der Waals surface area contributed by atoms with Crippen LogP contribution < -0.4 is 0 Å². The van der Waals surface area contributed by atoms with Crippen molar-refractivity contribution in [3.8, 4) is 0 Å². The molecule has 0 aromatic rings. The van der Waals surface area contributed by atoms with Gasteiger partial charge in [0.2, 0.25) is 0 Å². The smallest absolute Gasteiger partial charge is 0.407 e. The third kappa shape index (κ3) is 4.58. The Balaban J connectivity index is 2.51. The first-order valence-electron chi connectivity index (χ1n) is 6.79. The highest BCUT2D eigenvalue weighted by molar-refractivity contribution is 5.87. The van der Waals surface area contributed by atoms with E-state index in [2.05, 4.69) is 6.92 Å². The van der Waals surface area contributed by atoms with Gasteiger partial charge in [0.1, 0.15) is 0 Å². The molecule has 5 nitrogen and oxygen atoms in total. The lowest BCUT2D eigenvalue weighted by atomic mass is 9.84. The van der Waals surface area contributed by atoms with E-state index in [0.717, 1.165) is 12.8 Å². The van der Waals surface area contributed by atoms with Gasteiger partial charge in [-0.3, -0.25) is 0 Å². The van der Waals surface area contributed by atoms with Gasteiger partial charge in [-0.15, -0.1) is 0 Å². The Morgan fingerprint density at radius 3 is 2.47 bits per heavy atom. The van der Waals surface area contributed by atoms with Crippen molar-refractivity contribution in [2.75, 3.05) is 19.7 Å². The molecular formula is C14H23NO4. The average molecular weight is 269 g/mol. The third-order valence-electron chi connectivity index (χ3n) is 3.66. The topological polar surface area (TPSA) is 66.8 Å². The molecular weight excluding hydrogens is 246 g/mol. The quantitative estimate of drug-likeness (QED) is 0.629. The molecule has 0 saturated carbocycles. The van der Waals surface area contributed by atoms with E-state index in [4.69, 9.17) is 9.84 Å². The number of amides is 1. The molecule has 1 aliphatic heterocycles. The summed E-state index contributed by atoms with van der Waals surface area (Å²) >= 11 is 0. The van der Waals surface area contributed by atoms with E-state index < -0.39 is 6.09 Å². The van der Waals surface area contributed by atoms with E-state index in [9.17, 15) is 9.59 Å². The van der Waals surface area contributed by atoms with Crippen LogP contribution in [-0.4, -0.2) is 41.8 Å². The molecule has 1 unspecified atom stereocenters. The van der Waals surface area contributed by atoms with Crippen molar-refractivity contribution in [2.45, 2.75) is 33.6 Å². The van der Waals surface area contributed by atoms with E-state index in [0.29, 0.717) is 31.2 Å². The van der Waals surface area contributed by atoms with Crippen molar-refractivity contribution >= 4 is 12.1 Å². The van der Waals surface area contributed by atoms with Gasteiger partial charge >= 0.3 is 12.1 Å². The molecule has 1 atom stereocenters. The molecule has 1 saturated heterocycles. The van der Waals surface area contributed by atoms with Crippen molar-refractivity contribution in [2.24, 2.45) is 11.8 Å². The summed E-state index contributed by atoms with van der Waals surface area (Å²) in [5.41, 5.74) is 0.634. The number of esters is 1. The number of carbonyl (C=O) groups is 2. The zero-order chi connectivity index (χ0) is 14.4. The fourth-order valence-electron chi connectivity index (χ4n) is 2.46. The number of ether oxygens (including phenoxy) is 1. The molecule has 0 aromatic heterocycles. The number of hydrogen-bond acceptors (Lipinski definition) is 3. The molecule has 1 N–H and O–H groups in total. The highest BCUT2D eigenvalue weighted by Gasteiger charge is 2.25. The summed E-state index contributed by atoms with van der Waals surface area (Å²) < 4.78 is 4.95. The molecule has 0 radical (unpaired) electrons. The fourth-order valence-corrected chi connectivity index (χ4v) is 2.46. The summed E-state index contributed by atoms with van der Waals surface area (Å²) in [5, 5.41) is 8.89. The number of nitrogens with zero attached hydrogens (tertiary/aromatic N) is 1. The molecule has 1 fully saturated rings. The Morgan fingerprint density at radius 2 is 2.00 bits per heavy atom. The second-order valence-corrected chi connectivity index (χ2v) is 5.04. The Kier molecular flexibility index (Phi) is 5.86. The number of carboxylic acid groups (broad SMARTS) is 1. The standard InChI is InChI=1S/C14H23NO4/c1-4-19-13(16)11(3)9-10(2)12-5-7-15(8-6-12)14(17)18/h9-10,12H,4-8H2,1-3H3,(H,17,18). The number of allylic oxidation sites excluding steroid dienone is 1. The predicted molar refractivity (Wildman–Crippen MR) is 71.9 cm³/mol. The Labute approximate surface area is 114 Å². The van der Waals surface area contributed by atoms with Crippen molar-refractivity contribution in [1.29, 1.82) is 0 Å². The van der Waals surface area contributed by atoms with Crippen molar-refractivity contribution in [3.63, 3.8) is 0 Å². The third-order valence-corrected chi connectivity index (χ3v) is 3.66. The Morgan fingerprint density at radius 1 is 1.42 bits per heavy atom. The van der Waals surface area contributed by atoms with Crippen molar-refractivity contribution < 1.29 is 19.4 Å². The van der Waals surface area contributed by atoms with Gasteiger partial charge in [-0.05, 0) is 38.5 Å². The first kappa shape index (κ1) is 15.5. The molecule has 1 amide bonds. The van der Waals surface area contributed by atoms with Crippen LogP contribution in [0.4, 0.5) is 4.79 Å². The number of hydrogen-bond donors (Lipinski definition) is 1. The summed E-state index contributed by atoms with van der Waals surface area (Å²) in [4.78, 5) is 23.8. The first-order valence-corrected chi connectivity index (χ1v) is 6.79. The number of rotatable bonds is 4. The molecule has 1 rings (SSSR count). The lowest BCUT2D eigenvalue weighted by molar-refractivity contribution is -0.138. The zero-order valence-corrected chi connectivity index (χ0v) is 11.9. The summed E-state index contributed by atoms with van der Waals surface area (Å²) in [6.07, 6.45) is 2.79. The second-order valence-electron chi connectivity index (χ2n) is 5.04. The van der Waals surface area contributed by atoms with Crippen LogP contribution in [0.1, 0.15) is 33.6 Å². The molecule has 19 heavy (non-hydrogen) atoms. The predicted octanol–water partition coefficient (Wildman–Crippen LogP) is 2.52. The minimum Gasteiger partial charge on any atom is -0.465 e.